The summed E-state index contributed by atoms with van der Waals surface area (Å²) in [7, 11) is 0. The Bertz CT molecular complexity index is 683. The van der Waals surface area contributed by atoms with Crippen molar-refractivity contribution in [3.63, 3.8) is 0 Å². The zero-order valence-corrected chi connectivity index (χ0v) is 13.0. The fraction of sp³-hybridized carbons (Fsp3) is 0.500. The topological polar surface area (TPSA) is 84.1 Å². The number of likely N-dealkylation sites (tertiary alicyclic amines) is 1. The molecular formula is C14H19N5OS. The summed E-state index contributed by atoms with van der Waals surface area (Å²) in [6.45, 7) is 5.34. The van der Waals surface area contributed by atoms with Gasteiger partial charge in [0.15, 0.2) is 0 Å². The van der Waals surface area contributed by atoms with Crippen LogP contribution in [-0.4, -0.2) is 40.0 Å². The summed E-state index contributed by atoms with van der Waals surface area (Å²) in [5.74, 6) is 1.63. The summed E-state index contributed by atoms with van der Waals surface area (Å²) in [4.78, 5) is 23.0. The van der Waals surface area contributed by atoms with Crippen molar-refractivity contribution in [2.45, 2.75) is 32.7 Å². The van der Waals surface area contributed by atoms with Crippen LogP contribution in [-0.2, 0) is 0 Å². The Hall–Kier alpha value is -1.89. The zero-order valence-electron chi connectivity index (χ0n) is 12.2. The molecule has 0 radical (unpaired) electrons. The monoisotopic (exact) mass is 305 g/mol. The highest BCUT2D eigenvalue weighted by atomic mass is 32.1. The number of carbonyl (C=O) groups is 1. The second-order valence-electron chi connectivity index (χ2n) is 5.49. The van der Waals surface area contributed by atoms with Crippen molar-refractivity contribution >= 4 is 33.4 Å². The fourth-order valence-electron chi connectivity index (χ4n) is 2.78. The van der Waals surface area contributed by atoms with Crippen LogP contribution < -0.4 is 11.1 Å². The van der Waals surface area contributed by atoms with Crippen LogP contribution in [0.5, 0.6) is 0 Å². The highest BCUT2D eigenvalue weighted by Gasteiger charge is 2.23. The molecule has 1 fully saturated rings. The van der Waals surface area contributed by atoms with Crippen LogP contribution in [0.4, 0.5) is 10.6 Å². The lowest BCUT2D eigenvalue weighted by Crippen LogP contribution is -2.47. The number of amides is 2. The first kappa shape index (κ1) is 14.1. The first-order valence-corrected chi connectivity index (χ1v) is 7.96. The minimum atomic E-state index is -0.350. The second kappa shape index (κ2) is 5.48. The SMILES string of the molecule is Cc1nc(N[C@@H]2CCCN(C(N)=O)C2)c2c(C)csc2n1. The van der Waals surface area contributed by atoms with Gasteiger partial charge in [0.2, 0.25) is 0 Å². The maximum absolute atomic E-state index is 11.3. The molecule has 1 aliphatic heterocycles. The van der Waals surface area contributed by atoms with Gasteiger partial charge in [0, 0.05) is 19.1 Å². The molecule has 21 heavy (non-hydrogen) atoms. The van der Waals surface area contributed by atoms with Crippen molar-refractivity contribution in [3.8, 4) is 0 Å². The number of hydrogen-bond donors (Lipinski definition) is 2. The molecule has 0 saturated carbocycles. The number of thiophene rings is 1. The predicted molar refractivity (Wildman–Crippen MR) is 84.7 cm³/mol. The molecule has 2 aromatic heterocycles. The maximum atomic E-state index is 11.3. The Labute approximate surface area is 127 Å². The molecule has 3 N–H and O–H groups in total. The predicted octanol–water partition coefficient (Wildman–Crippen LogP) is 2.26. The van der Waals surface area contributed by atoms with Crippen molar-refractivity contribution in [1.82, 2.24) is 14.9 Å². The van der Waals surface area contributed by atoms with Crippen molar-refractivity contribution in [1.29, 1.82) is 0 Å². The van der Waals surface area contributed by atoms with Gasteiger partial charge in [0.05, 0.1) is 5.39 Å². The van der Waals surface area contributed by atoms with Crippen LogP contribution in [0, 0.1) is 13.8 Å². The van der Waals surface area contributed by atoms with E-state index in [1.807, 2.05) is 6.92 Å². The molecule has 0 spiro atoms. The highest BCUT2D eigenvalue weighted by Crippen LogP contribution is 2.30. The first-order valence-electron chi connectivity index (χ1n) is 7.08. The van der Waals surface area contributed by atoms with E-state index in [1.54, 1.807) is 16.2 Å². The van der Waals surface area contributed by atoms with Crippen LogP contribution in [0.2, 0.25) is 0 Å². The van der Waals surface area contributed by atoms with Crippen LogP contribution in [0.1, 0.15) is 24.2 Å². The zero-order chi connectivity index (χ0) is 15.0. The lowest BCUT2D eigenvalue weighted by Gasteiger charge is -2.32. The summed E-state index contributed by atoms with van der Waals surface area (Å²) in [6, 6.07) is -0.166. The number of aryl methyl sites for hydroxylation is 2. The molecule has 0 bridgehead atoms. The summed E-state index contributed by atoms with van der Waals surface area (Å²) < 4.78 is 0. The third-order valence-corrected chi connectivity index (χ3v) is 4.79. The van der Waals surface area contributed by atoms with Crippen LogP contribution in [0.3, 0.4) is 0 Å². The minimum absolute atomic E-state index is 0.183. The number of carbonyl (C=O) groups excluding carboxylic acids is 1. The molecule has 112 valence electrons. The normalized spacial score (nSPS) is 19.0. The van der Waals surface area contributed by atoms with Gasteiger partial charge in [0.25, 0.3) is 0 Å². The first-order chi connectivity index (χ1) is 10.0. The van der Waals surface area contributed by atoms with E-state index < -0.39 is 0 Å². The molecule has 2 aromatic rings. The number of nitrogens with one attached hydrogen (secondary N) is 1. The van der Waals surface area contributed by atoms with E-state index >= 15 is 0 Å². The second-order valence-corrected chi connectivity index (χ2v) is 6.34. The lowest BCUT2D eigenvalue weighted by molar-refractivity contribution is 0.192. The van der Waals surface area contributed by atoms with Crippen LogP contribution in [0.25, 0.3) is 10.2 Å². The Morgan fingerprint density at radius 3 is 3.05 bits per heavy atom. The van der Waals surface area contributed by atoms with Gasteiger partial charge >= 0.3 is 6.03 Å². The molecule has 7 heteroatoms. The smallest absolute Gasteiger partial charge is 0.314 e. The van der Waals surface area contributed by atoms with Crippen molar-refractivity contribution < 1.29 is 4.79 Å². The molecule has 0 aromatic carbocycles. The fourth-order valence-corrected chi connectivity index (χ4v) is 3.75. The van der Waals surface area contributed by atoms with Gasteiger partial charge in [-0.1, -0.05) is 0 Å². The van der Waals surface area contributed by atoms with Gasteiger partial charge in [0.1, 0.15) is 16.5 Å². The molecule has 1 atom stereocenters. The largest absolute Gasteiger partial charge is 0.365 e. The molecule has 2 amide bonds. The standard InChI is InChI=1S/C14H19N5OS/c1-8-7-21-13-11(8)12(16-9(2)17-13)18-10-4-3-5-19(6-10)14(15)20/h7,10H,3-6H2,1-2H3,(H2,15,20)(H,16,17,18)/t10-/m1/s1. The number of primary amides is 1. The molecule has 1 saturated heterocycles. The number of rotatable bonds is 2. The molecule has 1 aliphatic rings. The van der Waals surface area contributed by atoms with Crippen LogP contribution in [0.15, 0.2) is 5.38 Å². The Morgan fingerprint density at radius 1 is 1.48 bits per heavy atom. The minimum Gasteiger partial charge on any atom is -0.365 e. The number of hydrogen-bond acceptors (Lipinski definition) is 5. The van der Waals surface area contributed by atoms with Crippen molar-refractivity contribution in [2.24, 2.45) is 5.73 Å². The van der Waals surface area contributed by atoms with E-state index in [-0.39, 0.29) is 12.1 Å². The summed E-state index contributed by atoms with van der Waals surface area (Å²) in [5, 5.41) is 6.67. The molecule has 6 nitrogen and oxygen atoms in total. The van der Waals surface area contributed by atoms with Gasteiger partial charge < -0.3 is 16.0 Å². The average Bonchev–Trinajstić information content (AvgIpc) is 2.80. The Morgan fingerprint density at radius 2 is 2.29 bits per heavy atom. The molecule has 0 unspecified atom stereocenters. The van der Waals surface area contributed by atoms with Gasteiger partial charge in [-0.15, -0.1) is 11.3 Å². The highest BCUT2D eigenvalue weighted by molar-refractivity contribution is 7.17. The summed E-state index contributed by atoms with van der Waals surface area (Å²) in [5.41, 5.74) is 6.56. The number of urea groups is 1. The van der Waals surface area contributed by atoms with Crippen molar-refractivity contribution in [2.75, 3.05) is 18.4 Å². The third kappa shape index (κ3) is 2.78. The van der Waals surface area contributed by atoms with Crippen LogP contribution >= 0.6 is 11.3 Å². The quantitative estimate of drug-likeness (QED) is 0.891. The number of anilines is 1. The van der Waals surface area contributed by atoms with E-state index in [9.17, 15) is 4.79 Å². The lowest BCUT2D eigenvalue weighted by atomic mass is 10.1. The Balaban J connectivity index is 1.87. The van der Waals surface area contributed by atoms with Gasteiger partial charge in [-0.05, 0) is 37.6 Å². The van der Waals surface area contributed by atoms with Crippen molar-refractivity contribution in [3.05, 3.63) is 16.8 Å². The maximum Gasteiger partial charge on any atom is 0.314 e. The average molecular weight is 305 g/mol. The Kier molecular flexibility index (Phi) is 3.67. The number of fused-ring (bicyclic) bond motifs is 1. The van der Waals surface area contributed by atoms with E-state index in [0.717, 1.165) is 41.2 Å². The summed E-state index contributed by atoms with van der Waals surface area (Å²) >= 11 is 1.63. The van der Waals surface area contributed by atoms with Gasteiger partial charge in [-0.25, -0.2) is 14.8 Å². The van der Waals surface area contributed by atoms with E-state index in [1.165, 1.54) is 5.56 Å². The molecule has 3 rings (SSSR count). The van der Waals surface area contributed by atoms with E-state index in [2.05, 4.69) is 27.6 Å². The number of aromatic nitrogens is 2. The molecule has 3 heterocycles. The molecule has 0 aliphatic carbocycles. The number of nitrogens with two attached hydrogens (primary N) is 1. The molecular weight excluding hydrogens is 286 g/mol. The summed E-state index contributed by atoms with van der Waals surface area (Å²) in [6.07, 6.45) is 1.97. The van der Waals surface area contributed by atoms with Gasteiger partial charge in [-0.3, -0.25) is 0 Å². The van der Waals surface area contributed by atoms with E-state index in [0.29, 0.717) is 6.54 Å². The van der Waals surface area contributed by atoms with E-state index in [4.69, 9.17) is 5.73 Å². The number of piperidine rings is 1. The van der Waals surface area contributed by atoms with Gasteiger partial charge in [-0.2, -0.15) is 0 Å². The number of nitrogens with zero attached hydrogens (tertiary/aromatic N) is 3. The third-order valence-electron chi connectivity index (χ3n) is 3.80.